The van der Waals surface area contributed by atoms with Crippen molar-refractivity contribution in [2.75, 3.05) is 12.4 Å². The second-order valence-corrected chi connectivity index (χ2v) is 8.69. The minimum Gasteiger partial charge on any atom is -0.350 e. The molecule has 0 spiro atoms. The lowest BCUT2D eigenvalue weighted by Gasteiger charge is -2.12. The van der Waals surface area contributed by atoms with Crippen LogP contribution in [0.3, 0.4) is 0 Å². The molecule has 0 saturated carbocycles. The number of halogens is 4. The lowest BCUT2D eigenvalue weighted by molar-refractivity contribution is 0.459. The summed E-state index contributed by atoms with van der Waals surface area (Å²) in [6.07, 6.45) is 4.06. The molecule has 6 nitrogen and oxygen atoms in total. The van der Waals surface area contributed by atoms with E-state index in [1.807, 2.05) is 0 Å². The van der Waals surface area contributed by atoms with Crippen LogP contribution in [0, 0.1) is 23.3 Å². The van der Waals surface area contributed by atoms with Gasteiger partial charge in [0.2, 0.25) is 0 Å². The van der Waals surface area contributed by atoms with Crippen molar-refractivity contribution in [3.63, 3.8) is 0 Å². The van der Waals surface area contributed by atoms with Crippen molar-refractivity contribution in [3.8, 4) is 0 Å². The Morgan fingerprint density at radius 3 is 2.38 bits per heavy atom. The van der Waals surface area contributed by atoms with Gasteiger partial charge in [0.05, 0.1) is 5.52 Å². The predicted octanol–water partition coefficient (Wildman–Crippen LogP) is 4.29. The van der Waals surface area contributed by atoms with Gasteiger partial charge in [0.1, 0.15) is 10.6 Å². The molecule has 4 rings (SSSR count). The first-order chi connectivity index (χ1) is 15.2. The monoisotopic (exact) mass is 464 g/mol. The summed E-state index contributed by atoms with van der Waals surface area (Å²) in [5.74, 6) is -6.32. The van der Waals surface area contributed by atoms with Crippen LogP contribution < -0.4 is 10.6 Å². The van der Waals surface area contributed by atoms with Gasteiger partial charge in [-0.2, -0.15) is 0 Å². The summed E-state index contributed by atoms with van der Waals surface area (Å²) >= 11 is 0. The Labute approximate surface area is 180 Å². The van der Waals surface area contributed by atoms with Gasteiger partial charge in [0.15, 0.2) is 23.3 Å². The molecular formula is C21H16F4N4O2S. The average Bonchev–Trinajstić information content (AvgIpc) is 3.15. The fourth-order valence-corrected chi connectivity index (χ4v) is 4.66. The quantitative estimate of drug-likeness (QED) is 0.329. The van der Waals surface area contributed by atoms with E-state index in [0.717, 1.165) is 3.97 Å². The Bertz CT molecular complexity index is 1400. The maximum atomic E-state index is 14.1. The molecule has 2 aromatic carbocycles. The molecule has 2 heterocycles. The lowest BCUT2D eigenvalue weighted by atomic mass is 10.1. The van der Waals surface area contributed by atoms with Crippen molar-refractivity contribution in [3.05, 3.63) is 83.8 Å². The van der Waals surface area contributed by atoms with Gasteiger partial charge in [-0.15, -0.1) is 0 Å². The van der Waals surface area contributed by atoms with Crippen molar-refractivity contribution in [2.24, 2.45) is 0 Å². The second-order valence-electron chi connectivity index (χ2n) is 6.87. The summed E-state index contributed by atoms with van der Waals surface area (Å²) in [5, 5.41) is 5.81. The molecule has 2 N–H and O–H groups in total. The number of hydrogen-bond donors (Lipinski definition) is 2. The molecule has 0 atom stereocenters. The zero-order valence-electron chi connectivity index (χ0n) is 16.5. The summed E-state index contributed by atoms with van der Waals surface area (Å²) in [6.45, 7) is 0.344. The molecule has 0 aliphatic heterocycles. The maximum absolute atomic E-state index is 14.1. The fraction of sp³-hybridized carbons (Fsp3) is 0.0952. The van der Waals surface area contributed by atoms with Gasteiger partial charge in [0.25, 0.3) is 10.0 Å². The molecule has 2 aromatic heterocycles. The summed E-state index contributed by atoms with van der Waals surface area (Å²) in [5.41, 5.74) is -0.153. The Hall–Kier alpha value is -3.44. The SMILES string of the molecule is CNCc1cn(S(=O)(=O)c2cccnc2)c2cc(Nc3c(F)c(F)cc(F)c3F)ccc12. The summed E-state index contributed by atoms with van der Waals surface area (Å²) < 4.78 is 82.7. The largest absolute Gasteiger partial charge is 0.350 e. The average molecular weight is 464 g/mol. The molecule has 0 fully saturated rings. The van der Waals surface area contributed by atoms with Crippen LogP contribution in [0.2, 0.25) is 0 Å². The van der Waals surface area contributed by atoms with Crippen LogP contribution in [-0.4, -0.2) is 24.4 Å². The first kappa shape index (κ1) is 21.8. The second kappa shape index (κ2) is 8.24. The normalized spacial score (nSPS) is 11.8. The Kier molecular flexibility index (Phi) is 5.61. The number of aromatic nitrogens is 2. The first-order valence-corrected chi connectivity index (χ1v) is 10.7. The zero-order valence-corrected chi connectivity index (χ0v) is 17.4. The highest BCUT2D eigenvalue weighted by molar-refractivity contribution is 7.90. The number of nitrogens with one attached hydrogen (secondary N) is 2. The van der Waals surface area contributed by atoms with E-state index in [2.05, 4.69) is 15.6 Å². The minimum atomic E-state index is -4.05. The van der Waals surface area contributed by atoms with Crippen LogP contribution in [0.15, 0.2) is 59.9 Å². The summed E-state index contributed by atoms with van der Waals surface area (Å²) in [4.78, 5) is 3.78. The van der Waals surface area contributed by atoms with Crippen molar-refractivity contribution < 1.29 is 26.0 Å². The zero-order chi connectivity index (χ0) is 23.0. The van der Waals surface area contributed by atoms with E-state index in [0.29, 0.717) is 17.5 Å². The van der Waals surface area contributed by atoms with Crippen molar-refractivity contribution in [1.29, 1.82) is 0 Å². The molecule has 0 amide bonds. The molecule has 0 radical (unpaired) electrons. The molecule has 0 saturated heterocycles. The van der Waals surface area contributed by atoms with Crippen LogP contribution in [0.5, 0.6) is 0 Å². The fourth-order valence-electron chi connectivity index (χ4n) is 3.31. The molecule has 32 heavy (non-hydrogen) atoms. The Morgan fingerprint density at radius 2 is 1.75 bits per heavy atom. The van der Waals surface area contributed by atoms with E-state index < -0.39 is 39.0 Å². The number of fused-ring (bicyclic) bond motifs is 1. The highest BCUT2D eigenvalue weighted by Gasteiger charge is 2.23. The highest BCUT2D eigenvalue weighted by atomic mass is 32.2. The molecule has 166 valence electrons. The molecular weight excluding hydrogens is 448 g/mol. The number of benzene rings is 2. The van der Waals surface area contributed by atoms with Crippen molar-refractivity contribution in [2.45, 2.75) is 11.4 Å². The molecule has 0 bridgehead atoms. The van der Waals surface area contributed by atoms with Gasteiger partial charge in [-0.3, -0.25) is 4.98 Å². The number of hydrogen-bond acceptors (Lipinski definition) is 5. The number of nitrogens with zero attached hydrogens (tertiary/aromatic N) is 2. The summed E-state index contributed by atoms with van der Waals surface area (Å²) in [7, 11) is -2.36. The van der Waals surface area contributed by atoms with Crippen molar-refractivity contribution >= 4 is 32.3 Å². The predicted molar refractivity (Wildman–Crippen MR) is 111 cm³/mol. The van der Waals surface area contributed by atoms with Crippen LogP contribution in [-0.2, 0) is 16.6 Å². The Balaban J connectivity index is 1.88. The van der Waals surface area contributed by atoms with E-state index in [-0.39, 0.29) is 22.2 Å². The first-order valence-electron chi connectivity index (χ1n) is 9.28. The van der Waals surface area contributed by atoms with E-state index in [1.165, 1.54) is 42.9 Å². The third kappa shape index (κ3) is 3.69. The maximum Gasteiger partial charge on any atom is 0.269 e. The van der Waals surface area contributed by atoms with Gasteiger partial charge in [0, 0.05) is 42.3 Å². The molecule has 0 aliphatic rings. The van der Waals surface area contributed by atoms with Crippen LogP contribution in [0.1, 0.15) is 5.56 Å². The standard InChI is InChI=1S/C21H16F4N4O2S/c1-26-9-12-11-29(32(30,31)14-3-2-6-27-10-14)18-7-13(4-5-15(12)18)28-21-19(24)16(22)8-17(23)20(21)25/h2-8,10-11,26,28H,9H2,1H3. The lowest BCUT2D eigenvalue weighted by Crippen LogP contribution is -2.12. The molecule has 0 aliphatic carbocycles. The van der Waals surface area contributed by atoms with Gasteiger partial charge < -0.3 is 10.6 Å². The van der Waals surface area contributed by atoms with Gasteiger partial charge in [-0.25, -0.2) is 30.0 Å². The minimum absolute atomic E-state index is 0.0250. The van der Waals surface area contributed by atoms with Gasteiger partial charge in [-0.1, -0.05) is 6.07 Å². The number of anilines is 2. The van der Waals surface area contributed by atoms with Crippen molar-refractivity contribution in [1.82, 2.24) is 14.3 Å². The van der Waals surface area contributed by atoms with E-state index in [9.17, 15) is 26.0 Å². The van der Waals surface area contributed by atoms with E-state index in [4.69, 9.17) is 0 Å². The van der Waals surface area contributed by atoms with E-state index in [1.54, 1.807) is 13.1 Å². The third-order valence-electron chi connectivity index (χ3n) is 4.79. The topological polar surface area (TPSA) is 76.0 Å². The smallest absolute Gasteiger partial charge is 0.269 e. The van der Waals surface area contributed by atoms with E-state index >= 15 is 0 Å². The molecule has 11 heteroatoms. The van der Waals surface area contributed by atoms with Gasteiger partial charge >= 0.3 is 0 Å². The van der Waals surface area contributed by atoms with Crippen LogP contribution in [0.4, 0.5) is 28.9 Å². The highest BCUT2D eigenvalue weighted by Crippen LogP contribution is 2.32. The Morgan fingerprint density at radius 1 is 1.03 bits per heavy atom. The summed E-state index contributed by atoms with van der Waals surface area (Å²) in [6, 6.07) is 7.26. The molecule has 4 aromatic rings. The van der Waals surface area contributed by atoms with Gasteiger partial charge in [-0.05, 0) is 36.9 Å². The number of pyridine rings is 1. The number of rotatable bonds is 6. The van der Waals surface area contributed by atoms with Crippen LogP contribution in [0.25, 0.3) is 10.9 Å². The molecule has 0 unspecified atom stereocenters. The van der Waals surface area contributed by atoms with Crippen LogP contribution >= 0.6 is 0 Å². The third-order valence-corrected chi connectivity index (χ3v) is 6.45.